The van der Waals surface area contributed by atoms with Gasteiger partial charge in [-0.1, -0.05) is 6.58 Å². The van der Waals surface area contributed by atoms with Crippen molar-refractivity contribution in [2.24, 2.45) is 0 Å². The summed E-state index contributed by atoms with van der Waals surface area (Å²) in [6, 6.07) is -0.956. The summed E-state index contributed by atoms with van der Waals surface area (Å²) in [4.78, 5) is 34.8. The molecule has 0 spiro atoms. The van der Waals surface area contributed by atoms with Crippen molar-refractivity contribution in [2.75, 3.05) is 6.54 Å². The van der Waals surface area contributed by atoms with Gasteiger partial charge in [0.2, 0.25) is 5.91 Å². The van der Waals surface area contributed by atoms with Gasteiger partial charge in [-0.25, -0.2) is 0 Å². The first-order chi connectivity index (χ1) is 6.57. The van der Waals surface area contributed by atoms with Crippen molar-refractivity contribution in [3.63, 3.8) is 0 Å². The van der Waals surface area contributed by atoms with Gasteiger partial charge in [-0.05, 0) is 18.9 Å². The third-order valence-electron chi connectivity index (χ3n) is 2.26. The Balaban J connectivity index is 2.80. The molecule has 1 saturated heterocycles. The normalized spacial score (nSPS) is 18.1. The molecule has 1 fully saturated rings. The van der Waals surface area contributed by atoms with E-state index in [1.807, 2.05) is 0 Å². The monoisotopic (exact) mass is 195 g/mol. The Morgan fingerprint density at radius 1 is 1.64 bits per heavy atom. The summed E-state index contributed by atoms with van der Waals surface area (Å²) in [5.41, 5.74) is 0.307. The third kappa shape index (κ3) is 1.89. The maximum absolute atomic E-state index is 11.5. The number of likely N-dealkylation sites (tertiary alicyclic amines) is 1. The molecule has 1 rings (SSSR count). The Hall–Kier alpha value is -1.45. The minimum absolute atomic E-state index is 0.128. The molecule has 0 bridgehead atoms. The molecule has 1 amide bonds. The van der Waals surface area contributed by atoms with Gasteiger partial charge in [-0.2, -0.15) is 0 Å². The van der Waals surface area contributed by atoms with E-state index in [1.54, 1.807) is 6.92 Å². The van der Waals surface area contributed by atoms with Gasteiger partial charge in [0.15, 0.2) is 18.1 Å². The molecular formula is C10H13NO3. The molecule has 4 nitrogen and oxygen atoms in total. The summed E-state index contributed by atoms with van der Waals surface area (Å²) in [6.07, 6.45) is 1.65. The number of hydrogen-bond acceptors (Lipinski definition) is 3. The SMILES string of the molecule is C=C(C)C(=O)C(C=O)N1CCCC1=O. The fourth-order valence-corrected chi connectivity index (χ4v) is 1.49. The molecule has 0 aromatic rings. The second-order valence-corrected chi connectivity index (χ2v) is 3.42. The first-order valence-corrected chi connectivity index (χ1v) is 4.52. The highest BCUT2D eigenvalue weighted by atomic mass is 16.2. The minimum atomic E-state index is -0.956. The van der Waals surface area contributed by atoms with E-state index in [0.717, 1.165) is 0 Å². The lowest BCUT2D eigenvalue weighted by molar-refractivity contribution is -0.138. The molecule has 1 aliphatic heterocycles. The van der Waals surface area contributed by atoms with Gasteiger partial charge in [0.05, 0.1) is 0 Å². The van der Waals surface area contributed by atoms with Crippen LogP contribution in [-0.2, 0) is 14.4 Å². The molecule has 4 heteroatoms. The van der Waals surface area contributed by atoms with Crippen molar-refractivity contribution in [2.45, 2.75) is 25.8 Å². The van der Waals surface area contributed by atoms with Crippen molar-refractivity contribution in [3.05, 3.63) is 12.2 Å². The van der Waals surface area contributed by atoms with Gasteiger partial charge in [0, 0.05) is 13.0 Å². The number of nitrogens with zero attached hydrogens (tertiary/aromatic N) is 1. The fourth-order valence-electron chi connectivity index (χ4n) is 1.49. The molecule has 0 N–H and O–H groups in total. The average Bonchev–Trinajstić information content (AvgIpc) is 2.53. The van der Waals surface area contributed by atoms with E-state index in [0.29, 0.717) is 31.2 Å². The van der Waals surface area contributed by atoms with Gasteiger partial charge in [0.1, 0.15) is 0 Å². The van der Waals surface area contributed by atoms with E-state index in [-0.39, 0.29) is 11.7 Å². The second-order valence-electron chi connectivity index (χ2n) is 3.42. The van der Waals surface area contributed by atoms with Crippen LogP contribution < -0.4 is 0 Å². The highest BCUT2D eigenvalue weighted by molar-refractivity contribution is 6.09. The molecule has 0 aromatic carbocycles. The number of rotatable bonds is 4. The summed E-state index contributed by atoms with van der Waals surface area (Å²) >= 11 is 0. The zero-order valence-electron chi connectivity index (χ0n) is 8.16. The quantitative estimate of drug-likeness (QED) is 0.369. The lowest BCUT2D eigenvalue weighted by Gasteiger charge is -2.21. The molecular weight excluding hydrogens is 182 g/mol. The van der Waals surface area contributed by atoms with Crippen molar-refractivity contribution in [3.8, 4) is 0 Å². The predicted octanol–water partition coefficient (Wildman–Crippen LogP) is 0.321. The Kier molecular flexibility index (Phi) is 3.17. The smallest absolute Gasteiger partial charge is 0.223 e. The van der Waals surface area contributed by atoms with Gasteiger partial charge in [-0.15, -0.1) is 0 Å². The van der Waals surface area contributed by atoms with Crippen LogP contribution in [0.15, 0.2) is 12.2 Å². The van der Waals surface area contributed by atoms with Gasteiger partial charge >= 0.3 is 0 Å². The van der Waals surface area contributed by atoms with Crippen molar-refractivity contribution >= 4 is 18.0 Å². The molecule has 0 saturated carbocycles. The van der Waals surface area contributed by atoms with Crippen molar-refractivity contribution in [1.82, 2.24) is 4.90 Å². The van der Waals surface area contributed by atoms with Crippen molar-refractivity contribution in [1.29, 1.82) is 0 Å². The summed E-state index contributed by atoms with van der Waals surface area (Å²) in [5.74, 6) is -0.494. The summed E-state index contributed by atoms with van der Waals surface area (Å²) < 4.78 is 0. The van der Waals surface area contributed by atoms with Crippen molar-refractivity contribution < 1.29 is 14.4 Å². The summed E-state index contributed by atoms with van der Waals surface area (Å²) in [7, 11) is 0. The molecule has 1 atom stereocenters. The van der Waals surface area contributed by atoms with E-state index in [4.69, 9.17) is 0 Å². The average molecular weight is 195 g/mol. The van der Waals surface area contributed by atoms with E-state index < -0.39 is 6.04 Å². The van der Waals surface area contributed by atoms with Crippen LogP contribution in [0.25, 0.3) is 0 Å². The lowest BCUT2D eigenvalue weighted by Crippen LogP contribution is -2.43. The van der Waals surface area contributed by atoms with Crippen LogP contribution in [0.3, 0.4) is 0 Å². The molecule has 1 heterocycles. The largest absolute Gasteiger partial charge is 0.326 e. The number of amides is 1. The highest BCUT2D eigenvalue weighted by Crippen LogP contribution is 2.14. The van der Waals surface area contributed by atoms with Crippen LogP contribution in [0.5, 0.6) is 0 Å². The zero-order chi connectivity index (χ0) is 10.7. The Bertz CT molecular complexity index is 296. The van der Waals surface area contributed by atoms with Crippen LogP contribution in [-0.4, -0.2) is 35.5 Å². The molecule has 14 heavy (non-hydrogen) atoms. The molecule has 0 aromatic heterocycles. The standard InChI is InChI=1S/C10H13NO3/c1-7(2)10(14)8(6-12)11-5-3-4-9(11)13/h6,8H,1,3-5H2,2H3. The predicted molar refractivity (Wildman–Crippen MR) is 50.6 cm³/mol. The van der Waals surface area contributed by atoms with Crippen LogP contribution in [0.1, 0.15) is 19.8 Å². The summed E-state index contributed by atoms with van der Waals surface area (Å²) in [6.45, 7) is 5.50. The van der Waals surface area contributed by atoms with Crippen LogP contribution >= 0.6 is 0 Å². The second kappa shape index (κ2) is 4.17. The molecule has 0 aliphatic carbocycles. The topological polar surface area (TPSA) is 54.5 Å². The van der Waals surface area contributed by atoms with Crippen LogP contribution in [0, 0.1) is 0 Å². The minimum Gasteiger partial charge on any atom is -0.326 e. The molecule has 1 unspecified atom stereocenters. The van der Waals surface area contributed by atoms with E-state index in [9.17, 15) is 14.4 Å². The maximum Gasteiger partial charge on any atom is 0.223 e. The van der Waals surface area contributed by atoms with Gasteiger partial charge < -0.3 is 9.69 Å². The molecule has 76 valence electrons. The van der Waals surface area contributed by atoms with E-state index in [1.165, 1.54) is 4.90 Å². The number of hydrogen-bond donors (Lipinski definition) is 0. The van der Waals surface area contributed by atoms with Gasteiger partial charge in [-0.3, -0.25) is 9.59 Å². The Morgan fingerprint density at radius 3 is 2.64 bits per heavy atom. The zero-order valence-corrected chi connectivity index (χ0v) is 8.16. The van der Waals surface area contributed by atoms with Gasteiger partial charge in [0.25, 0.3) is 0 Å². The maximum atomic E-state index is 11.5. The fraction of sp³-hybridized carbons (Fsp3) is 0.500. The lowest BCUT2D eigenvalue weighted by atomic mass is 10.1. The number of aldehydes is 1. The number of carbonyl (C=O) groups is 3. The first kappa shape index (κ1) is 10.6. The van der Waals surface area contributed by atoms with Crippen LogP contribution in [0.2, 0.25) is 0 Å². The Labute approximate surface area is 82.6 Å². The summed E-state index contributed by atoms with van der Waals surface area (Å²) in [5, 5.41) is 0. The number of carbonyl (C=O) groups excluding carboxylic acids is 3. The van der Waals surface area contributed by atoms with E-state index >= 15 is 0 Å². The Morgan fingerprint density at radius 2 is 2.29 bits per heavy atom. The number of ketones is 1. The molecule has 1 aliphatic rings. The number of Topliss-reactive ketones (excluding diaryl/α,β-unsaturated/α-hetero) is 1. The third-order valence-corrected chi connectivity index (χ3v) is 2.26. The van der Waals surface area contributed by atoms with Crippen LogP contribution in [0.4, 0.5) is 0 Å². The first-order valence-electron chi connectivity index (χ1n) is 4.52. The molecule has 0 radical (unpaired) electrons. The van der Waals surface area contributed by atoms with E-state index in [2.05, 4.69) is 6.58 Å². The highest BCUT2D eigenvalue weighted by Gasteiger charge is 2.32.